The van der Waals surface area contributed by atoms with E-state index in [1.807, 2.05) is 0 Å². The van der Waals surface area contributed by atoms with Crippen molar-refractivity contribution in [1.29, 1.82) is 0 Å². The normalized spacial score (nSPS) is 19.2. The molecule has 1 unspecified atom stereocenters. The molecule has 0 saturated carbocycles. The van der Waals surface area contributed by atoms with Crippen LogP contribution < -0.4 is 4.90 Å². The number of ether oxygens (including phenoxy) is 1. The van der Waals surface area contributed by atoms with Crippen LogP contribution in [0.3, 0.4) is 0 Å². The van der Waals surface area contributed by atoms with E-state index in [0.717, 1.165) is 18.7 Å². The molecule has 1 heterocycles. The Balaban J connectivity index is 2.19. The number of rotatable bonds is 2. The summed E-state index contributed by atoms with van der Waals surface area (Å²) in [5.41, 5.74) is 3.65. The summed E-state index contributed by atoms with van der Waals surface area (Å²) in [6, 6.07) is 6.20. The van der Waals surface area contributed by atoms with Gasteiger partial charge >= 0.3 is 5.97 Å². The molecular weight excluding hydrogens is 202 g/mol. The molecule has 1 aliphatic rings. The molecule has 3 heteroatoms. The third-order valence-electron chi connectivity index (χ3n) is 3.32. The largest absolute Gasteiger partial charge is 0.467 e. The van der Waals surface area contributed by atoms with E-state index in [4.69, 9.17) is 4.74 Å². The lowest BCUT2D eigenvalue weighted by molar-refractivity contribution is -0.143. The lowest BCUT2D eigenvalue weighted by Gasteiger charge is -2.40. The molecule has 0 amide bonds. The third-order valence-corrected chi connectivity index (χ3v) is 3.32. The zero-order valence-corrected chi connectivity index (χ0v) is 9.99. The van der Waals surface area contributed by atoms with Crippen molar-refractivity contribution in [2.45, 2.75) is 26.3 Å². The number of methoxy groups -OCH3 is 1. The second-order valence-electron chi connectivity index (χ2n) is 4.29. The summed E-state index contributed by atoms with van der Waals surface area (Å²) >= 11 is 0. The van der Waals surface area contributed by atoms with E-state index in [9.17, 15) is 4.79 Å². The summed E-state index contributed by atoms with van der Waals surface area (Å²) < 4.78 is 4.78. The van der Waals surface area contributed by atoms with Gasteiger partial charge in [-0.15, -0.1) is 0 Å². The number of aryl methyl sites for hydroxylation is 2. The molecule has 1 aromatic carbocycles. The summed E-state index contributed by atoms with van der Waals surface area (Å²) in [5.74, 6) is -0.135. The molecule has 0 aromatic heterocycles. The van der Waals surface area contributed by atoms with Crippen LogP contribution in [0.2, 0.25) is 0 Å². The predicted molar refractivity (Wildman–Crippen MR) is 63.7 cm³/mol. The summed E-state index contributed by atoms with van der Waals surface area (Å²) in [4.78, 5) is 13.6. The molecular formula is C13H17NO2. The molecule has 0 radical (unpaired) electrons. The minimum atomic E-state index is -0.135. The number of hydrogen-bond donors (Lipinski definition) is 0. The van der Waals surface area contributed by atoms with E-state index in [1.165, 1.54) is 18.2 Å². The molecule has 0 spiro atoms. The van der Waals surface area contributed by atoms with Gasteiger partial charge in [0, 0.05) is 12.2 Å². The first kappa shape index (κ1) is 11.0. The van der Waals surface area contributed by atoms with E-state index in [0.29, 0.717) is 0 Å². The Kier molecular flexibility index (Phi) is 2.86. The summed E-state index contributed by atoms with van der Waals surface area (Å²) in [6.07, 6.45) is 0.888. The Morgan fingerprint density at radius 3 is 2.62 bits per heavy atom. The predicted octanol–water partition coefficient (Wildman–Crippen LogP) is 2.06. The highest BCUT2D eigenvalue weighted by molar-refractivity contribution is 5.82. The van der Waals surface area contributed by atoms with Gasteiger partial charge in [-0.05, 0) is 43.5 Å². The molecule has 0 aliphatic carbocycles. The van der Waals surface area contributed by atoms with Crippen molar-refractivity contribution in [1.82, 2.24) is 0 Å². The van der Waals surface area contributed by atoms with Crippen LogP contribution in [0.4, 0.5) is 5.69 Å². The van der Waals surface area contributed by atoms with Gasteiger partial charge in [0.15, 0.2) is 0 Å². The first-order valence-corrected chi connectivity index (χ1v) is 5.55. The van der Waals surface area contributed by atoms with E-state index in [1.54, 1.807) is 0 Å². The van der Waals surface area contributed by atoms with Crippen molar-refractivity contribution in [2.75, 3.05) is 18.6 Å². The second-order valence-corrected chi connectivity index (χ2v) is 4.29. The summed E-state index contributed by atoms with van der Waals surface area (Å²) in [5, 5.41) is 0. The minimum Gasteiger partial charge on any atom is -0.467 e. The van der Waals surface area contributed by atoms with Crippen molar-refractivity contribution >= 4 is 11.7 Å². The molecule has 0 bridgehead atoms. The maximum Gasteiger partial charge on any atom is 0.328 e. The van der Waals surface area contributed by atoms with Crippen molar-refractivity contribution in [3.05, 3.63) is 29.3 Å². The average molecular weight is 219 g/mol. The molecule has 1 saturated heterocycles. The highest BCUT2D eigenvalue weighted by Gasteiger charge is 2.35. The average Bonchev–Trinajstić information content (AvgIpc) is 2.21. The molecule has 3 nitrogen and oxygen atoms in total. The van der Waals surface area contributed by atoms with Crippen molar-refractivity contribution in [2.24, 2.45) is 0 Å². The molecule has 16 heavy (non-hydrogen) atoms. The van der Waals surface area contributed by atoms with Crippen molar-refractivity contribution < 1.29 is 9.53 Å². The van der Waals surface area contributed by atoms with E-state index < -0.39 is 0 Å². The standard InChI is InChI=1S/C13H17NO2/c1-9-4-5-11(8-10(9)2)14-7-6-12(14)13(15)16-3/h4-5,8,12H,6-7H2,1-3H3. The lowest BCUT2D eigenvalue weighted by atomic mass is 10.00. The minimum absolute atomic E-state index is 0.0906. The fraction of sp³-hybridized carbons (Fsp3) is 0.462. The van der Waals surface area contributed by atoms with Crippen LogP contribution >= 0.6 is 0 Å². The number of benzene rings is 1. The van der Waals surface area contributed by atoms with Crippen LogP contribution in [0.25, 0.3) is 0 Å². The maximum atomic E-state index is 11.5. The molecule has 1 aromatic rings. The zero-order valence-electron chi connectivity index (χ0n) is 9.99. The zero-order chi connectivity index (χ0) is 11.7. The number of nitrogens with zero attached hydrogens (tertiary/aromatic N) is 1. The Bertz CT molecular complexity index is 414. The van der Waals surface area contributed by atoms with Gasteiger partial charge in [0.1, 0.15) is 6.04 Å². The van der Waals surface area contributed by atoms with Gasteiger partial charge < -0.3 is 9.64 Å². The highest BCUT2D eigenvalue weighted by atomic mass is 16.5. The van der Waals surface area contributed by atoms with Crippen LogP contribution in [-0.2, 0) is 9.53 Å². The fourth-order valence-electron chi connectivity index (χ4n) is 1.98. The molecule has 2 rings (SSSR count). The molecule has 1 aliphatic heterocycles. The van der Waals surface area contributed by atoms with Crippen LogP contribution in [-0.4, -0.2) is 25.7 Å². The summed E-state index contributed by atoms with van der Waals surface area (Å²) in [6.45, 7) is 5.11. The van der Waals surface area contributed by atoms with Gasteiger partial charge in [-0.1, -0.05) is 6.07 Å². The fourth-order valence-corrected chi connectivity index (χ4v) is 1.98. The van der Waals surface area contributed by atoms with Gasteiger partial charge in [0.05, 0.1) is 7.11 Å². The topological polar surface area (TPSA) is 29.5 Å². The van der Waals surface area contributed by atoms with E-state index in [-0.39, 0.29) is 12.0 Å². The Morgan fingerprint density at radius 1 is 1.38 bits per heavy atom. The van der Waals surface area contributed by atoms with Gasteiger partial charge in [-0.3, -0.25) is 0 Å². The van der Waals surface area contributed by atoms with Crippen molar-refractivity contribution in [3.63, 3.8) is 0 Å². The second kappa shape index (κ2) is 4.16. The lowest BCUT2D eigenvalue weighted by Crippen LogP contribution is -2.53. The van der Waals surface area contributed by atoms with Crippen LogP contribution in [0.1, 0.15) is 17.5 Å². The Morgan fingerprint density at radius 2 is 2.12 bits per heavy atom. The first-order chi connectivity index (χ1) is 7.63. The quantitative estimate of drug-likeness (QED) is 0.713. The molecule has 0 N–H and O–H groups in total. The SMILES string of the molecule is COC(=O)C1CCN1c1ccc(C)c(C)c1. The molecule has 1 fully saturated rings. The van der Waals surface area contributed by atoms with Gasteiger partial charge in [0.25, 0.3) is 0 Å². The first-order valence-electron chi connectivity index (χ1n) is 5.55. The molecule has 86 valence electrons. The number of esters is 1. The molecule has 1 atom stereocenters. The number of carbonyl (C=O) groups excluding carboxylic acids is 1. The third kappa shape index (κ3) is 1.77. The summed E-state index contributed by atoms with van der Waals surface area (Å²) in [7, 11) is 1.44. The van der Waals surface area contributed by atoms with Crippen LogP contribution in [0.5, 0.6) is 0 Å². The van der Waals surface area contributed by atoms with Gasteiger partial charge in [-0.25, -0.2) is 4.79 Å². The number of anilines is 1. The smallest absolute Gasteiger partial charge is 0.328 e. The van der Waals surface area contributed by atoms with E-state index >= 15 is 0 Å². The number of carbonyl (C=O) groups is 1. The number of hydrogen-bond acceptors (Lipinski definition) is 3. The van der Waals surface area contributed by atoms with Gasteiger partial charge in [-0.2, -0.15) is 0 Å². The monoisotopic (exact) mass is 219 g/mol. The maximum absolute atomic E-state index is 11.5. The van der Waals surface area contributed by atoms with E-state index in [2.05, 4.69) is 36.9 Å². The highest BCUT2D eigenvalue weighted by Crippen LogP contribution is 2.28. The van der Waals surface area contributed by atoms with Crippen LogP contribution in [0.15, 0.2) is 18.2 Å². The van der Waals surface area contributed by atoms with Crippen molar-refractivity contribution in [3.8, 4) is 0 Å². The Hall–Kier alpha value is -1.51. The Labute approximate surface area is 96.0 Å². The van der Waals surface area contributed by atoms with Crippen LogP contribution in [0, 0.1) is 13.8 Å². The van der Waals surface area contributed by atoms with Gasteiger partial charge in [0.2, 0.25) is 0 Å².